The topological polar surface area (TPSA) is 71.2 Å². The molecule has 0 aliphatic carbocycles. The van der Waals surface area contributed by atoms with Crippen LogP contribution in [0.3, 0.4) is 0 Å². The zero-order valence-corrected chi connectivity index (χ0v) is 16.3. The number of nitrogen functional groups attached to an aromatic ring is 1. The number of benzene rings is 2. The fourth-order valence-electron chi connectivity index (χ4n) is 3.82. The van der Waals surface area contributed by atoms with Gasteiger partial charge in [0, 0.05) is 41.7 Å². The highest BCUT2D eigenvalue weighted by Gasteiger charge is 2.22. The number of likely N-dealkylation sites (N-methyl/N-ethyl adjacent to an activating group) is 1. The third-order valence-corrected chi connectivity index (χ3v) is 6.42. The van der Waals surface area contributed by atoms with Crippen LogP contribution in [0, 0.1) is 0 Å². The lowest BCUT2D eigenvalue weighted by molar-refractivity contribution is 0.103. The van der Waals surface area contributed by atoms with Crippen LogP contribution in [0.25, 0.3) is 21.0 Å². The van der Waals surface area contributed by atoms with Crippen molar-refractivity contribution in [3.63, 3.8) is 0 Å². The van der Waals surface area contributed by atoms with Gasteiger partial charge < -0.3 is 16.0 Å². The van der Waals surface area contributed by atoms with E-state index in [-0.39, 0.29) is 5.91 Å². The van der Waals surface area contributed by atoms with E-state index in [2.05, 4.69) is 23.3 Å². The van der Waals surface area contributed by atoms with Gasteiger partial charge in [-0.25, -0.2) is 4.98 Å². The molecule has 140 valence electrons. The number of nitrogens with zero attached hydrogens (tertiary/aromatic N) is 2. The van der Waals surface area contributed by atoms with Crippen molar-refractivity contribution in [2.75, 3.05) is 24.6 Å². The smallest absolute Gasteiger partial charge is 0.267 e. The predicted octanol–water partition coefficient (Wildman–Crippen LogP) is 4.27. The standard InChI is InChI=1S/C22H20N4OS/c1-26-10-9-17-14(12-26)11-16-19(23)20(28-22(16)25-17)21(27)24-18-8-4-6-13-5-2-3-7-15(13)18/h2-8,11H,9-10,12,23H2,1H3,(H,24,27). The van der Waals surface area contributed by atoms with E-state index in [9.17, 15) is 4.79 Å². The highest BCUT2D eigenvalue weighted by molar-refractivity contribution is 7.21. The van der Waals surface area contributed by atoms with Crippen LogP contribution in [-0.2, 0) is 13.0 Å². The van der Waals surface area contributed by atoms with Crippen LogP contribution in [0.5, 0.6) is 0 Å². The fraction of sp³-hybridized carbons (Fsp3) is 0.182. The summed E-state index contributed by atoms with van der Waals surface area (Å²) in [5.74, 6) is -0.188. The zero-order valence-electron chi connectivity index (χ0n) is 15.5. The average Bonchev–Trinajstić information content (AvgIpc) is 3.02. The molecule has 0 spiro atoms. The number of carbonyl (C=O) groups excluding carboxylic acids is 1. The molecule has 2 aromatic heterocycles. The molecule has 1 aliphatic heterocycles. The number of hydrogen-bond donors (Lipinski definition) is 2. The Balaban J connectivity index is 1.53. The molecule has 0 fully saturated rings. The summed E-state index contributed by atoms with van der Waals surface area (Å²) in [4.78, 5) is 21.4. The number of amides is 1. The van der Waals surface area contributed by atoms with Crippen LogP contribution < -0.4 is 11.1 Å². The van der Waals surface area contributed by atoms with Crippen molar-refractivity contribution in [3.05, 3.63) is 64.7 Å². The number of anilines is 2. The summed E-state index contributed by atoms with van der Waals surface area (Å²) in [5, 5.41) is 6.01. The number of aromatic nitrogens is 1. The second kappa shape index (κ2) is 6.58. The first-order valence-electron chi connectivity index (χ1n) is 9.28. The monoisotopic (exact) mass is 388 g/mol. The van der Waals surface area contributed by atoms with E-state index in [0.717, 1.165) is 51.9 Å². The van der Waals surface area contributed by atoms with Gasteiger partial charge in [-0.05, 0) is 30.1 Å². The number of fused-ring (bicyclic) bond motifs is 3. The Kier molecular flexibility index (Phi) is 4.03. The van der Waals surface area contributed by atoms with E-state index in [1.165, 1.54) is 16.9 Å². The van der Waals surface area contributed by atoms with Crippen molar-refractivity contribution in [2.24, 2.45) is 0 Å². The maximum absolute atomic E-state index is 13.0. The van der Waals surface area contributed by atoms with Crippen LogP contribution in [0.15, 0.2) is 48.5 Å². The molecule has 0 atom stereocenters. The van der Waals surface area contributed by atoms with Crippen LogP contribution in [0.2, 0.25) is 0 Å². The minimum Gasteiger partial charge on any atom is -0.397 e. The van der Waals surface area contributed by atoms with Crippen molar-refractivity contribution in [2.45, 2.75) is 13.0 Å². The molecule has 0 unspecified atom stereocenters. The minimum atomic E-state index is -0.188. The zero-order chi connectivity index (χ0) is 19.3. The lowest BCUT2D eigenvalue weighted by Crippen LogP contribution is -2.27. The van der Waals surface area contributed by atoms with Crippen LogP contribution in [-0.4, -0.2) is 29.4 Å². The quantitative estimate of drug-likeness (QED) is 0.538. The fourth-order valence-corrected chi connectivity index (χ4v) is 4.81. The molecule has 0 saturated carbocycles. The number of thiophene rings is 1. The highest BCUT2D eigenvalue weighted by atomic mass is 32.1. The molecule has 1 aliphatic rings. The highest BCUT2D eigenvalue weighted by Crippen LogP contribution is 2.35. The molecule has 5 nitrogen and oxygen atoms in total. The number of pyridine rings is 1. The summed E-state index contributed by atoms with van der Waals surface area (Å²) >= 11 is 1.37. The Morgan fingerprint density at radius 3 is 2.89 bits per heavy atom. The van der Waals surface area contributed by atoms with Crippen molar-refractivity contribution in [3.8, 4) is 0 Å². The van der Waals surface area contributed by atoms with Gasteiger partial charge in [-0.15, -0.1) is 11.3 Å². The van der Waals surface area contributed by atoms with Crippen LogP contribution >= 0.6 is 11.3 Å². The molecule has 5 rings (SSSR count). The second-order valence-corrected chi connectivity index (χ2v) is 8.26. The van der Waals surface area contributed by atoms with Crippen molar-refractivity contribution in [1.29, 1.82) is 0 Å². The Labute approximate surface area is 166 Å². The Hall–Kier alpha value is -2.96. The number of hydrogen-bond acceptors (Lipinski definition) is 5. The largest absolute Gasteiger partial charge is 0.397 e. The summed E-state index contributed by atoms with van der Waals surface area (Å²) in [5.41, 5.74) is 9.99. The van der Waals surface area contributed by atoms with Gasteiger partial charge in [-0.2, -0.15) is 0 Å². The molecule has 0 saturated heterocycles. The van der Waals surface area contributed by atoms with Crippen molar-refractivity contribution in [1.82, 2.24) is 9.88 Å². The van der Waals surface area contributed by atoms with Gasteiger partial charge in [-0.1, -0.05) is 36.4 Å². The lowest BCUT2D eigenvalue weighted by Gasteiger charge is -2.24. The Bertz CT molecular complexity index is 1220. The van der Waals surface area contributed by atoms with E-state index in [1.807, 2.05) is 42.5 Å². The van der Waals surface area contributed by atoms with Gasteiger partial charge in [-0.3, -0.25) is 4.79 Å². The molecule has 28 heavy (non-hydrogen) atoms. The first-order valence-corrected chi connectivity index (χ1v) is 10.1. The summed E-state index contributed by atoms with van der Waals surface area (Å²) in [6.07, 6.45) is 0.928. The van der Waals surface area contributed by atoms with E-state index in [4.69, 9.17) is 10.7 Å². The molecule has 3 N–H and O–H groups in total. The minimum absolute atomic E-state index is 0.188. The van der Waals surface area contributed by atoms with Gasteiger partial charge in [0.05, 0.1) is 5.69 Å². The third-order valence-electron chi connectivity index (χ3n) is 5.30. The van der Waals surface area contributed by atoms with E-state index >= 15 is 0 Å². The summed E-state index contributed by atoms with van der Waals surface area (Å²) < 4.78 is 0. The molecule has 0 radical (unpaired) electrons. The molecule has 2 aromatic carbocycles. The van der Waals surface area contributed by atoms with Crippen molar-refractivity contribution >= 4 is 49.6 Å². The predicted molar refractivity (Wildman–Crippen MR) is 116 cm³/mol. The molecule has 4 aromatic rings. The number of rotatable bonds is 2. The SMILES string of the molecule is CN1CCc2nc3sc(C(=O)Nc4cccc5ccccc45)c(N)c3cc2C1. The molecular formula is C22H20N4OS. The second-order valence-electron chi connectivity index (χ2n) is 7.26. The first-order chi connectivity index (χ1) is 13.6. The van der Waals surface area contributed by atoms with E-state index in [0.29, 0.717) is 10.6 Å². The van der Waals surface area contributed by atoms with Gasteiger partial charge in [0.15, 0.2) is 0 Å². The number of nitrogens with two attached hydrogens (primary N) is 1. The normalized spacial score (nSPS) is 14.3. The maximum Gasteiger partial charge on any atom is 0.267 e. The molecular weight excluding hydrogens is 368 g/mol. The summed E-state index contributed by atoms with van der Waals surface area (Å²) in [6.45, 7) is 1.87. The van der Waals surface area contributed by atoms with Gasteiger partial charge >= 0.3 is 0 Å². The Morgan fingerprint density at radius 2 is 2.00 bits per heavy atom. The Morgan fingerprint density at radius 1 is 1.18 bits per heavy atom. The molecule has 1 amide bonds. The van der Waals surface area contributed by atoms with Crippen LogP contribution in [0.4, 0.5) is 11.4 Å². The maximum atomic E-state index is 13.0. The van der Waals surface area contributed by atoms with Crippen molar-refractivity contribution < 1.29 is 4.79 Å². The third kappa shape index (κ3) is 2.82. The summed E-state index contributed by atoms with van der Waals surface area (Å²) in [7, 11) is 2.10. The first kappa shape index (κ1) is 17.2. The van der Waals surface area contributed by atoms with Crippen LogP contribution in [0.1, 0.15) is 20.9 Å². The molecule has 6 heteroatoms. The average molecular weight is 388 g/mol. The number of nitrogens with one attached hydrogen (secondary N) is 1. The van der Waals surface area contributed by atoms with E-state index < -0.39 is 0 Å². The molecule has 0 bridgehead atoms. The lowest BCUT2D eigenvalue weighted by atomic mass is 10.0. The van der Waals surface area contributed by atoms with Gasteiger partial charge in [0.25, 0.3) is 5.91 Å². The van der Waals surface area contributed by atoms with Gasteiger partial charge in [0.2, 0.25) is 0 Å². The van der Waals surface area contributed by atoms with Gasteiger partial charge in [0.1, 0.15) is 9.71 Å². The number of carbonyl (C=O) groups is 1. The van der Waals surface area contributed by atoms with E-state index in [1.54, 1.807) is 0 Å². The summed E-state index contributed by atoms with van der Waals surface area (Å²) in [6, 6.07) is 16.0. The molecule has 3 heterocycles.